The molecule has 17 heavy (non-hydrogen) atoms. The molecule has 0 saturated carbocycles. The molecule has 96 valence electrons. The lowest BCUT2D eigenvalue weighted by Crippen LogP contribution is -2.25. The first-order chi connectivity index (χ1) is 8.43. The molecule has 0 amide bonds. The van der Waals surface area contributed by atoms with Crippen LogP contribution in [0.3, 0.4) is 0 Å². The van der Waals surface area contributed by atoms with Gasteiger partial charge in [-0.1, -0.05) is 6.07 Å². The topological polar surface area (TPSA) is 63.0 Å². The molecule has 0 saturated heterocycles. The second-order valence-corrected chi connectivity index (χ2v) is 4.07. The van der Waals surface area contributed by atoms with E-state index >= 15 is 0 Å². The molecule has 0 atom stereocenters. The maximum Gasteiger partial charge on any atom is 0.0416 e. The minimum atomic E-state index is 0.773. The number of hydrogen-bond acceptors (Lipinski definition) is 4. The molecule has 0 aliphatic carbocycles. The van der Waals surface area contributed by atoms with Gasteiger partial charge in [0.25, 0.3) is 0 Å². The van der Waals surface area contributed by atoms with Gasteiger partial charge in [0.05, 0.1) is 0 Å². The molecule has 0 bridgehead atoms. The van der Waals surface area contributed by atoms with Crippen LogP contribution in [0.4, 0.5) is 0 Å². The number of nitrogens with one attached hydrogen (secondary N) is 2. The van der Waals surface area contributed by atoms with Crippen molar-refractivity contribution in [1.29, 1.82) is 0 Å². The zero-order chi connectivity index (χ0) is 12.2. The van der Waals surface area contributed by atoms with Crippen molar-refractivity contribution in [2.45, 2.75) is 19.3 Å². The summed E-state index contributed by atoms with van der Waals surface area (Å²) in [5.41, 5.74) is 6.56. The summed E-state index contributed by atoms with van der Waals surface area (Å²) < 4.78 is 0. The summed E-state index contributed by atoms with van der Waals surface area (Å²) in [4.78, 5) is 4.28. The average Bonchev–Trinajstić information content (AvgIpc) is 2.38. The fraction of sp³-hybridized carbons (Fsp3) is 0.615. The maximum atomic E-state index is 5.41. The van der Waals surface area contributed by atoms with Crippen molar-refractivity contribution < 1.29 is 0 Å². The zero-order valence-corrected chi connectivity index (χ0v) is 10.5. The zero-order valence-electron chi connectivity index (χ0n) is 10.5. The lowest BCUT2D eigenvalue weighted by molar-refractivity contribution is 0.586. The van der Waals surface area contributed by atoms with Crippen LogP contribution in [0.15, 0.2) is 24.4 Å². The van der Waals surface area contributed by atoms with E-state index in [2.05, 4.69) is 21.7 Å². The smallest absolute Gasteiger partial charge is 0.0416 e. The van der Waals surface area contributed by atoms with Crippen LogP contribution in [0.2, 0.25) is 0 Å². The van der Waals surface area contributed by atoms with Gasteiger partial charge in [-0.3, -0.25) is 4.98 Å². The SMILES string of the molecule is NCCCNCCCNCCc1ccccn1. The summed E-state index contributed by atoms with van der Waals surface area (Å²) in [6.45, 7) is 4.93. The molecule has 0 fully saturated rings. The second kappa shape index (κ2) is 10.2. The Morgan fingerprint density at radius 1 is 1.00 bits per heavy atom. The van der Waals surface area contributed by atoms with Crippen molar-refractivity contribution in [2.75, 3.05) is 32.7 Å². The Morgan fingerprint density at radius 3 is 2.47 bits per heavy atom. The fourth-order valence-electron chi connectivity index (χ4n) is 1.58. The van der Waals surface area contributed by atoms with Crippen molar-refractivity contribution in [3.63, 3.8) is 0 Å². The van der Waals surface area contributed by atoms with E-state index in [-0.39, 0.29) is 0 Å². The predicted molar refractivity (Wildman–Crippen MR) is 72.0 cm³/mol. The van der Waals surface area contributed by atoms with E-state index in [9.17, 15) is 0 Å². The number of nitrogens with zero attached hydrogens (tertiary/aromatic N) is 1. The molecular formula is C13H24N4. The normalized spacial score (nSPS) is 10.6. The molecule has 1 rings (SSSR count). The Balaban J connectivity index is 1.85. The molecule has 0 aromatic carbocycles. The van der Waals surface area contributed by atoms with Crippen LogP contribution in [0.5, 0.6) is 0 Å². The van der Waals surface area contributed by atoms with E-state index < -0.39 is 0 Å². The van der Waals surface area contributed by atoms with Gasteiger partial charge in [-0.05, 0) is 51.2 Å². The highest BCUT2D eigenvalue weighted by atomic mass is 14.9. The van der Waals surface area contributed by atoms with Crippen LogP contribution < -0.4 is 16.4 Å². The van der Waals surface area contributed by atoms with Crippen LogP contribution in [0.1, 0.15) is 18.5 Å². The first-order valence-electron chi connectivity index (χ1n) is 6.45. The minimum absolute atomic E-state index is 0.773. The lowest BCUT2D eigenvalue weighted by Gasteiger charge is -2.05. The Morgan fingerprint density at radius 2 is 1.76 bits per heavy atom. The first-order valence-corrected chi connectivity index (χ1v) is 6.45. The number of aromatic nitrogens is 1. The van der Waals surface area contributed by atoms with E-state index in [0.29, 0.717) is 0 Å². The molecule has 0 aliphatic heterocycles. The maximum absolute atomic E-state index is 5.41. The van der Waals surface area contributed by atoms with E-state index in [0.717, 1.165) is 57.7 Å². The summed E-state index contributed by atoms with van der Waals surface area (Å²) in [6, 6.07) is 6.05. The van der Waals surface area contributed by atoms with Gasteiger partial charge < -0.3 is 16.4 Å². The Kier molecular flexibility index (Phi) is 8.46. The highest BCUT2D eigenvalue weighted by Gasteiger charge is 1.92. The molecular weight excluding hydrogens is 212 g/mol. The molecule has 0 unspecified atom stereocenters. The van der Waals surface area contributed by atoms with Gasteiger partial charge in [0.1, 0.15) is 0 Å². The standard InChI is InChI=1S/C13H24N4/c14-7-3-8-15-9-4-10-16-12-6-13-5-1-2-11-17-13/h1-2,5,11,15-16H,3-4,6-10,12,14H2. The molecule has 1 heterocycles. The third kappa shape index (κ3) is 7.85. The molecule has 4 nitrogen and oxygen atoms in total. The lowest BCUT2D eigenvalue weighted by atomic mass is 10.2. The largest absolute Gasteiger partial charge is 0.330 e. The van der Waals surface area contributed by atoms with E-state index in [1.54, 1.807) is 0 Å². The summed E-state index contributed by atoms with van der Waals surface area (Å²) >= 11 is 0. The molecule has 0 spiro atoms. The summed E-state index contributed by atoms with van der Waals surface area (Å²) in [6.07, 6.45) is 5.07. The highest BCUT2D eigenvalue weighted by molar-refractivity contribution is 5.03. The molecule has 4 N–H and O–H groups in total. The fourth-order valence-corrected chi connectivity index (χ4v) is 1.58. The van der Waals surface area contributed by atoms with Crippen molar-refractivity contribution >= 4 is 0 Å². The monoisotopic (exact) mass is 236 g/mol. The third-order valence-corrected chi connectivity index (χ3v) is 2.55. The Hall–Kier alpha value is -0.970. The van der Waals surface area contributed by atoms with Crippen molar-refractivity contribution in [1.82, 2.24) is 15.6 Å². The Labute approximate surface area is 104 Å². The third-order valence-electron chi connectivity index (χ3n) is 2.55. The van der Waals surface area contributed by atoms with Gasteiger partial charge in [0.2, 0.25) is 0 Å². The van der Waals surface area contributed by atoms with E-state index in [4.69, 9.17) is 5.73 Å². The van der Waals surface area contributed by atoms with Crippen molar-refractivity contribution in [3.05, 3.63) is 30.1 Å². The van der Waals surface area contributed by atoms with Gasteiger partial charge in [-0.2, -0.15) is 0 Å². The predicted octanol–water partition coefficient (Wildman–Crippen LogP) is 0.542. The quantitative estimate of drug-likeness (QED) is 0.519. The molecule has 0 radical (unpaired) electrons. The van der Waals surface area contributed by atoms with Gasteiger partial charge >= 0.3 is 0 Å². The number of nitrogens with two attached hydrogens (primary N) is 1. The van der Waals surface area contributed by atoms with Gasteiger partial charge in [0.15, 0.2) is 0 Å². The number of pyridine rings is 1. The first kappa shape index (κ1) is 14.1. The van der Waals surface area contributed by atoms with E-state index in [1.807, 2.05) is 18.3 Å². The van der Waals surface area contributed by atoms with Crippen LogP contribution in [0.25, 0.3) is 0 Å². The van der Waals surface area contributed by atoms with Gasteiger partial charge in [0, 0.05) is 24.9 Å². The van der Waals surface area contributed by atoms with Crippen LogP contribution in [0, 0.1) is 0 Å². The van der Waals surface area contributed by atoms with E-state index in [1.165, 1.54) is 0 Å². The summed E-state index contributed by atoms with van der Waals surface area (Å²) in [7, 11) is 0. The van der Waals surface area contributed by atoms with Gasteiger partial charge in [-0.25, -0.2) is 0 Å². The molecule has 1 aromatic heterocycles. The van der Waals surface area contributed by atoms with Crippen molar-refractivity contribution in [3.8, 4) is 0 Å². The summed E-state index contributed by atoms with van der Waals surface area (Å²) in [5.74, 6) is 0. The number of hydrogen-bond donors (Lipinski definition) is 3. The average molecular weight is 236 g/mol. The Bertz CT molecular complexity index is 263. The van der Waals surface area contributed by atoms with Crippen molar-refractivity contribution in [2.24, 2.45) is 5.73 Å². The highest BCUT2D eigenvalue weighted by Crippen LogP contribution is 1.92. The van der Waals surface area contributed by atoms with Crippen LogP contribution in [-0.4, -0.2) is 37.7 Å². The van der Waals surface area contributed by atoms with Gasteiger partial charge in [-0.15, -0.1) is 0 Å². The molecule has 0 aliphatic rings. The molecule has 1 aromatic rings. The second-order valence-electron chi connectivity index (χ2n) is 4.07. The summed E-state index contributed by atoms with van der Waals surface area (Å²) in [5, 5.41) is 6.78. The number of rotatable bonds is 10. The van der Waals surface area contributed by atoms with Crippen LogP contribution >= 0.6 is 0 Å². The molecule has 4 heteroatoms. The van der Waals surface area contributed by atoms with Crippen LogP contribution in [-0.2, 0) is 6.42 Å². The minimum Gasteiger partial charge on any atom is -0.330 e.